The molecule has 0 bridgehead atoms. The largest absolute Gasteiger partial charge is 0.462 e. The lowest BCUT2D eigenvalue weighted by Gasteiger charge is -2.11. The molecular formula is C17H16N4O4. The molecule has 0 aliphatic carbocycles. The van der Waals surface area contributed by atoms with Crippen LogP contribution in [0.4, 0.5) is 5.82 Å². The van der Waals surface area contributed by atoms with Gasteiger partial charge in [-0.25, -0.2) is 14.6 Å². The summed E-state index contributed by atoms with van der Waals surface area (Å²) in [5.74, 6) is -0.771. The number of nitrogens with zero attached hydrogens (tertiary/aromatic N) is 2. The number of aromatic amines is 1. The fourth-order valence-corrected chi connectivity index (χ4v) is 2.50. The monoisotopic (exact) mass is 340 g/mol. The zero-order valence-corrected chi connectivity index (χ0v) is 13.5. The van der Waals surface area contributed by atoms with Gasteiger partial charge in [-0.15, -0.1) is 0 Å². The molecule has 8 nitrogen and oxygen atoms in total. The maximum Gasteiger partial charge on any atom is 0.341 e. The average Bonchev–Trinajstić information content (AvgIpc) is 2.59. The minimum absolute atomic E-state index is 0.00948. The molecule has 0 unspecified atom stereocenters. The predicted molar refractivity (Wildman–Crippen MR) is 92.5 cm³/mol. The molecule has 2 heterocycles. The Morgan fingerprint density at radius 2 is 2.00 bits per heavy atom. The number of rotatable bonds is 4. The molecule has 0 saturated carbocycles. The number of nitrogens with two attached hydrogens (primary N) is 1. The van der Waals surface area contributed by atoms with Crippen molar-refractivity contribution in [1.29, 1.82) is 0 Å². The van der Waals surface area contributed by atoms with Crippen molar-refractivity contribution in [2.75, 3.05) is 12.3 Å². The summed E-state index contributed by atoms with van der Waals surface area (Å²) >= 11 is 0. The minimum Gasteiger partial charge on any atom is -0.462 e. The number of H-pyrrole nitrogens is 1. The third-order valence-electron chi connectivity index (χ3n) is 3.68. The molecule has 0 amide bonds. The lowest BCUT2D eigenvalue weighted by Crippen LogP contribution is -2.31. The first-order chi connectivity index (χ1) is 12.0. The van der Waals surface area contributed by atoms with Crippen molar-refractivity contribution >= 4 is 22.8 Å². The summed E-state index contributed by atoms with van der Waals surface area (Å²) in [6.45, 7) is 2.03. The van der Waals surface area contributed by atoms with Crippen LogP contribution in [0.2, 0.25) is 0 Å². The number of pyridine rings is 1. The molecule has 8 heteroatoms. The Morgan fingerprint density at radius 1 is 1.28 bits per heavy atom. The van der Waals surface area contributed by atoms with E-state index in [-0.39, 0.29) is 35.6 Å². The van der Waals surface area contributed by atoms with Gasteiger partial charge >= 0.3 is 11.7 Å². The Labute approximate surface area is 141 Å². The van der Waals surface area contributed by atoms with Gasteiger partial charge in [0, 0.05) is 0 Å². The van der Waals surface area contributed by atoms with Crippen molar-refractivity contribution in [2.45, 2.75) is 13.5 Å². The number of hydrogen-bond acceptors (Lipinski definition) is 6. The topological polar surface area (TPSA) is 120 Å². The molecule has 25 heavy (non-hydrogen) atoms. The van der Waals surface area contributed by atoms with Gasteiger partial charge in [0.2, 0.25) is 0 Å². The van der Waals surface area contributed by atoms with Gasteiger partial charge in [-0.1, -0.05) is 30.3 Å². The first-order valence-electron chi connectivity index (χ1n) is 7.65. The van der Waals surface area contributed by atoms with E-state index in [2.05, 4.69) is 9.97 Å². The van der Waals surface area contributed by atoms with Gasteiger partial charge in [0.05, 0.1) is 18.5 Å². The Kier molecular flexibility index (Phi) is 4.34. The summed E-state index contributed by atoms with van der Waals surface area (Å²) in [6.07, 6.45) is 0. The average molecular weight is 340 g/mol. The number of esters is 1. The molecule has 3 rings (SSSR count). The highest BCUT2D eigenvalue weighted by Gasteiger charge is 2.17. The van der Waals surface area contributed by atoms with Crippen LogP contribution in [-0.4, -0.2) is 27.1 Å². The molecule has 0 fully saturated rings. The molecule has 0 saturated heterocycles. The highest BCUT2D eigenvalue weighted by atomic mass is 16.5. The van der Waals surface area contributed by atoms with Gasteiger partial charge in [0.15, 0.2) is 5.65 Å². The van der Waals surface area contributed by atoms with E-state index in [1.807, 2.05) is 30.3 Å². The fourth-order valence-electron chi connectivity index (χ4n) is 2.50. The van der Waals surface area contributed by atoms with Crippen LogP contribution in [-0.2, 0) is 11.3 Å². The zero-order valence-electron chi connectivity index (χ0n) is 13.5. The molecule has 0 atom stereocenters. The Bertz CT molecular complexity index is 1050. The van der Waals surface area contributed by atoms with Crippen molar-refractivity contribution in [1.82, 2.24) is 14.5 Å². The lowest BCUT2D eigenvalue weighted by molar-refractivity contribution is 0.0527. The smallest absolute Gasteiger partial charge is 0.341 e. The molecule has 0 spiro atoms. The van der Waals surface area contributed by atoms with Gasteiger partial charge in [-0.2, -0.15) is 0 Å². The van der Waals surface area contributed by atoms with Crippen molar-refractivity contribution in [3.05, 3.63) is 68.4 Å². The van der Waals surface area contributed by atoms with Crippen LogP contribution in [0.15, 0.2) is 46.0 Å². The summed E-state index contributed by atoms with van der Waals surface area (Å²) in [4.78, 5) is 42.7. The summed E-state index contributed by atoms with van der Waals surface area (Å²) < 4.78 is 6.21. The number of carbonyl (C=O) groups is 1. The van der Waals surface area contributed by atoms with Crippen molar-refractivity contribution in [3.63, 3.8) is 0 Å². The third-order valence-corrected chi connectivity index (χ3v) is 3.68. The molecule has 1 aromatic carbocycles. The fraction of sp³-hybridized carbons (Fsp3) is 0.176. The highest BCUT2D eigenvalue weighted by molar-refractivity contribution is 5.97. The number of nitrogen functional groups attached to an aromatic ring is 1. The Morgan fingerprint density at radius 3 is 2.68 bits per heavy atom. The standard InChI is InChI=1S/C17H16N4O4/c1-2-25-16(23)11-8-12-14(19-13(11)18)21(17(24)20-15(12)22)9-10-6-4-3-5-7-10/h3-8H,2,9H2,1H3,(H2,18,19)(H,20,22,24). The molecule has 0 aliphatic heterocycles. The van der Waals surface area contributed by atoms with E-state index in [1.54, 1.807) is 6.92 Å². The first-order valence-corrected chi connectivity index (χ1v) is 7.65. The molecule has 0 radical (unpaired) electrons. The second-order valence-corrected chi connectivity index (χ2v) is 5.34. The van der Waals surface area contributed by atoms with Crippen LogP contribution in [0.1, 0.15) is 22.8 Å². The van der Waals surface area contributed by atoms with E-state index in [0.29, 0.717) is 0 Å². The second-order valence-electron chi connectivity index (χ2n) is 5.34. The normalized spacial score (nSPS) is 10.8. The second kappa shape index (κ2) is 6.60. The molecule has 0 aliphatic rings. The molecular weight excluding hydrogens is 324 g/mol. The van der Waals surface area contributed by atoms with E-state index in [9.17, 15) is 14.4 Å². The summed E-state index contributed by atoms with van der Waals surface area (Å²) in [5, 5.41) is 0.0905. The summed E-state index contributed by atoms with van der Waals surface area (Å²) in [6, 6.07) is 10.5. The van der Waals surface area contributed by atoms with E-state index in [4.69, 9.17) is 10.5 Å². The van der Waals surface area contributed by atoms with Crippen LogP contribution < -0.4 is 17.0 Å². The molecule has 128 valence electrons. The first kappa shape index (κ1) is 16.4. The van der Waals surface area contributed by atoms with Gasteiger partial charge in [-0.05, 0) is 18.6 Å². The molecule has 3 N–H and O–H groups in total. The number of hydrogen-bond donors (Lipinski definition) is 2. The van der Waals surface area contributed by atoms with Crippen LogP contribution in [0.3, 0.4) is 0 Å². The quantitative estimate of drug-likeness (QED) is 0.681. The highest BCUT2D eigenvalue weighted by Crippen LogP contribution is 2.16. The SMILES string of the molecule is CCOC(=O)c1cc2c(=O)[nH]c(=O)n(Cc3ccccc3)c2nc1N. The van der Waals surface area contributed by atoms with E-state index in [0.717, 1.165) is 5.56 Å². The van der Waals surface area contributed by atoms with Crippen molar-refractivity contribution < 1.29 is 9.53 Å². The van der Waals surface area contributed by atoms with Gasteiger partial charge in [0.1, 0.15) is 11.4 Å². The van der Waals surface area contributed by atoms with Crippen molar-refractivity contribution in [3.8, 4) is 0 Å². The lowest BCUT2D eigenvalue weighted by atomic mass is 10.2. The summed E-state index contributed by atoms with van der Waals surface area (Å²) in [7, 11) is 0. The number of fused-ring (bicyclic) bond motifs is 1. The van der Waals surface area contributed by atoms with Gasteiger partial charge in [-0.3, -0.25) is 14.3 Å². The van der Waals surface area contributed by atoms with E-state index < -0.39 is 17.2 Å². The number of aromatic nitrogens is 3. The van der Waals surface area contributed by atoms with Gasteiger partial charge in [0.25, 0.3) is 5.56 Å². The minimum atomic E-state index is -0.672. The van der Waals surface area contributed by atoms with Crippen LogP contribution in [0.5, 0.6) is 0 Å². The number of carbonyl (C=O) groups excluding carboxylic acids is 1. The number of anilines is 1. The van der Waals surface area contributed by atoms with E-state index in [1.165, 1.54) is 10.6 Å². The van der Waals surface area contributed by atoms with E-state index >= 15 is 0 Å². The maximum atomic E-state index is 12.2. The Hall–Kier alpha value is -3.42. The summed E-state index contributed by atoms with van der Waals surface area (Å²) in [5.41, 5.74) is 5.56. The van der Waals surface area contributed by atoms with Crippen LogP contribution in [0, 0.1) is 0 Å². The number of ether oxygens (including phenoxy) is 1. The van der Waals surface area contributed by atoms with Gasteiger partial charge < -0.3 is 10.5 Å². The number of nitrogens with one attached hydrogen (secondary N) is 1. The third kappa shape index (κ3) is 3.14. The van der Waals surface area contributed by atoms with Crippen LogP contribution in [0.25, 0.3) is 11.0 Å². The molecule has 2 aromatic heterocycles. The van der Waals surface area contributed by atoms with Crippen molar-refractivity contribution in [2.24, 2.45) is 0 Å². The Balaban J connectivity index is 2.22. The zero-order chi connectivity index (χ0) is 18.0. The predicted octanol–water partition coefficient (Wildman–Crippen LogP) is 0.892. The van der Waals surface area contributed by atoms with Crippen LogP contribution >= 0.6 is 0 Å². The maximum absolute atomic E-state index is 12.2. The number of benzene rings is 1. The molecule has 3 aromatic rings.